The van der Waals surface area contributed by atoms with E-state index in [1.165, 1.54) is 11.1 Å². The maximum Gasteiger partial charge on any atom is 0.407 e. The van der Waals surface area contributed by atoms with Crippen molar-refractivity contribution >= 4 is 18.0 Å². The number of fused-ring (bicyclic) bond motifs is 3. The van der Waals surface area contributed by atoms with Crippen LogP contribution < -0.4 is 5.32 Å². The number of ether oxygens (including phenoxy) is 1. The van der Waals surface area contributed by atoms with E-state index in [9.17, 15) is 14.4 Å². The van der Waals surface area contributed by atoms with Crippen LogP contribution in [0.2, 0.25) is 0 Å². The predicted molar refractivity (Wildman–Crippen MR) is 126 cm³/mol. The van der Waals surface area contributed by atoms with Crippen molar-refractivity contribution in [1.82, 2.24) is 10.2 Å². The third-order valence-electron chi connectivity index (χ3n) is 7.91. The minimum Gasteiger partial charge on any atom is -0.481 e. The molecule has 0 saturated heterocycles. The van der Waals surface area contributed by atoms with Crippen molar-refractivity contribution < 1.29 is 24.2 Å². The molecule has 3 aliphatic carbocycles. The second-order valence-electron chi connectivity index (χ2n) is 9.93. The van der Waals surface area contributed by atoms with E-state index in [0.717, 1.165) is 30.4 Å². The fourth-order valence-electron chi connectivity index (χ4n) is 5.52. The van der Waals surface area contributed by atoms with Crippen LogP contribution in [-0.2, 0) is 14.3 Å². The summed E-state index contributed by atoms with van der Waals surface area (Å²) in [5.74, 6) is -1.24. The van der Waals surface area contributed by atoms with E-state index in [0.29, 0.717) is 12.8 Å². The number of rotatable bonds is 7. The van der Waals surface area contributed by atoms with Crippen molar-refractivity contribution in [1.29, 1.82) is 0 Å². The summed E-state index contributed by atoms with van der Waals surface area (Å²) in [6.45, 7) is 0.239. The molecule has 3 aliphatic rings. The maximum absolute atomic E-state index is 12.9. The third-order valence-corrected chi connectivity index (χ3v) is 7.91. The molecule has 5 rings (SSSR count). The van der Waals surface area contributed by atoms with Gasteiger partial charge in [0.2, 0.25) is 5.91 Å². The van der Waals surface area contributed by atoms with Crippen molar-refractivity contribution in [3.63, 3.8) is 0 Å². The molecular formula is C27H30N2O5. The SMILES string of the molecule is CN(C(=O)CC1(NC(=O)OCC2c3ccccc3-c3ccccc32)CCC1)C1CC(C(=O)O)C1. The molecular weight excluding hydrogens is 432 g/mol. The second-order valence-corrected chi connectivity index (χ2v) is 9.93. The van der Waals surface area contributed by atoms with Gasteiger partial charge in [0.15, 0.2) is 0 Å². The van der Waals surface area contributed by atoms with E-state index in [1.807, 2.05) is 24.3 Å². The summed E-state index contributed by atoms with van der Waals surface area (Å²) in [5, 5.41) is 12.1. The highest BCUT2D eigenvalue weighted by atomic mass is 16.5. The normalized spacial score (nSPS) is 21.9. The van der Waals surface area contributed by atoms with E-state index in [-0.39, 0.29) is 36.8 Å². The molecule has 0 radical (unpaired) electrons. The molecule has 7 nitrogen and oxygen atoms in total. The lowest BCUT2D eigenvalue weighted by Crippen LogP contribution is -2.57. The highest BCUT2D eigenvalue weighted by Crippen LogP contribution is 2.44. The fourth-order valence-corrected chi connectivity index (χ4v) is 5.52. The average Bonchev–Trinajstić information content (AvgIpc) is 3.08. The van der Waals surface area contributed by atoms with Crippen LogP contribution in [0, 0.1) is 5.92 Å². The Labute approximate surface area is 199 Å². The van der Waals surface area contributed by atoms with Crippen LogP contribution in [0.4, 0.5) is 4.79 Å². The van der Waals surface area contributed by atoms with Gasteiger partial charge in [-0.1, -0.05) is 48.5 Å². The number of amides is 2. The first-order valence-electron chi connectivity index (χ1n) is 12.0. The summed E-state index contributed by atoms with van der Waals surface area (Å²) in [5.41, 5.74) is 4.09. The van der Waals surface area contributed by atoms with Gasteiger partial charge in [-0.05, 0) is 54.4 Å². The summed E-state index contributed by atoms with van der Waals surface area (Å²) in [6.07, 6.45) is 3.12. The van der Waals surface area contributed by atoms with Crippen LogP contribution in [0.15, 0.2) is 48.5 Å². The maximum atomic E-state index is 12.9. The number of hydrogen-bond acceptors (Lipinski definition) is 4. The molecule has 0 heterocycles. The van der Waals surface area contributed by atoms with Crippen LogP contribution >= 0.6 is 0 Å². The minimum absolute atomic E-state index is 0.0101. The molecule has 0 aliphatic heterocycles. The molecule has 2 aromatic carbocycles. The lowest BCUT2D eigenvalue weighted by atomic mass is 9.73. The Morgan fingerprint density at radius 2 is 1.62 bits per heavy atom. The zero-order valence-corrected chi connectivity index (χ0v) is 19.3. The fraction of sp³-hybridized carbons (Fsp3) is 0.444. The van der Waals surface area contributed by atoms with Crippen molar-refractivity contribution in [2.24, 2.45) is 5.92 Å². The summed E-state index contributed by atoms with van der Waals surface area (Å²) in [4.78, 5) is 38.4. The number of carboxylic acid groups (broad SMARTS) is 1. The Hall–Kier alpha value is -3.35. The number of nitrogens with one attached hydrogen (secondary N) is 1. The van der Waals surface area contributed by atoms with Gasteiger partial charge in [0, 0.05) is 19.0 Å². The Morgan fingerprint density at radius 1 is 1.03 bits per heavy atom. The molecule has 34 heavy (non-hydrogen) atoms. The van der Waals surface area contributed by atoms with Gasteiger partial charge in [0.25, 0.3) is 0 Å². The summed E-state index contributed by atoms with van der Waals surface area (Å²) >= 11 is 0. The zero-order valence-electron chi connectivity index (χ0n) is 19.3. The molecule has 2 amide bonds. The number of nitrogens with zero attached hydrogens (tertiary/aromatic N) is 1. The highest BCUT2D eigenvalue weighted by Gasteiger charge is 2.44. The number of carboxylic acids is 1. The predicted octanol–water partition coefficient (Wildman–Crippen LogP) is 4.16. The smallest absolute Gasteiger partial charge is 0.407 e. The number of carbonyl (C=O) groups excluding carboxylic acids is 2. The van der Waals surface area contributed by atoms with Crippen molar-refractivity contribution in [3.8, 4) is 11.1 Å². The first-order chi connectivity index (χ1) is 16.4. The lowest BCUT2D eigenvalue weighted by Gasteiger charge is -2.44. The van der Waals surface area contributed by atoms with Gasteiger partial charge in [-0.15, -0.1) is 0 Å². The Morgan fingerprint density at radius 3 is 2.15 bits per heavy atom. The van der Waals surface area contributed by atoms with Crippen molar-refractivity contribution in [2.45, 2.75) is 56.0 Å². The van der Waals surface area contributed by atoms with E-state index < -0.39 is 17.6 Å². The zero-order chi connectivity index (χ0) is 23.9. The molecule has 0 spiro atoms. The molecule has 2 N–H and O–H groups in total. The Balaban J connectivity index is 1.18. The summed E-state index contributed by atoms with van der Waals surface area (Å²) in [6, 6.07) is 16.4. The minimum atomic E-state index is -0.801. The summed E-state index contributed by atoms with van der Waals surface area (Å²) in [7, 11) is 1.73. The van der Waals surface area contributed by atoms with Crippen molar-refractivity contribution in [3.05, 3.63) is 59.7 Å². The number of alkyl carbamates (subject to hydrolysis) is 1. The third kappa shape index (κ3) is 4.04. The molecule has 0 aromatic heterocycles. The molecule has 7 heteroatoms. The van der Waals surface area contributed by atoms with Gasteiger partial charge in [-0.2, -0.15) is 0 Å². The van der Waals surface area contributed by atoms with E-state index in [2.05, 4.69) is 29.6 Å². The molecule has 178 valence electrons. The van der Waals surface area contributed by atoms with Gasteiger partial charge in [0.1, 0.15) is 6.61 Å². The average molecular weight is 463 g/mol. The van der Waals surface area contributed by atoms with Crippen molar-refractivity contribution in [2.75, 3.05) is 13.7 Å². The van der Waals surface area contributed by atoms with Crippen LogP contribution in [0.25, 0.3) is 11.1 Å². The first-order valence-corrected chi connectivity index (χ1v) is 12.0. The van der Waals surface area contributed by atoms with Crippen LogP contribution in [0.1, 0.15) is 55.6 Å². The highest BCUT2D eigenvalue weighted by molar-refractivity contribution is 5.81. The van der Waals surface area contributed by atoms with E-state index >= 15 is 0 Å². The molecule has 0 unspecified atom stereocenters. The number of hydrogen-bond donors (Lipinski definition) is 2. The monoisotopic (exact) mass is 462 g/mol. The summed E-state index contributed by atoms with van der Waals surface area (Å²) < 4.78 is 5.69. The van der Waals surface area contributed by atoms with Gasteiger partial charge >= 0.3 is 12.1 Å². The van der Waals surface area contributed by atoms with E-state index in [1.54, 1.807) is 11.9 Å². The number of carbonyl (C=O) groups is 3. The van der Waals surface area contributed by atoms with Crippen LogP contribution in [-0.4, -0.2) is 53.2 Å². The molecule has 2 saturated carbocycles. The molecule has 2 fully saturated rings. The second kappa shape index (κ2) is 8.78. The number of aliphatic carboxylic acids is 1. The largest absolute Gasteiger partial charge is 0.481 e. The quantitative estimate of drug-likeness (QED) is 0.644. The topological polar surface area (TPSA) is 95.9 Å². The van der Waals surface area contributed by atoms with Crippen LogP contribution in [0.5, 0.6) is 0 Å². The molecule has 2 aromatic rings. The lowest BCUT2D eigenvalue weighted by molar-refractivity contribution is -0.150. The van der Waals surface area contributed by atoms with E-state index in [4.69, 9.17) is 9.84 Å². The standard InChI is InChI=1S/C27H30N2O5/c1-29(18-13-17(14-18)25(31)32)24(30)15-27(11-6-12-27)28-26(33)34-16-23-21-9-4-2-7-19(21)20-8-3-5-10-22(20)23/h2-5,7-10,17-18,23H,6,11-16H2,1H3,(H,28,33)(H,31,32). The van der Waals surface area contributed by atoms with Gasteiger partial charge in [-0.25, -0.2) is 4.79 Å². The van der Waals surface area contributed by atoms with Gasteiger partial charge in [0.05, 0.1) is 17.9 Å². The van der Waals surface area contributed by atoms with Gasteiger partial charge < -0.3 is 20.1 Å². The molecule has 0 atom stereocenters. The van der Waals surface area contributed by atoms with Crippen LogP contribution in [0.3, 0.4) is 0 Å². The van der Waals surface area contributed by atoms with Gasteiger partial charge in [-0.3, -0.25) is 9.59 Å². The number of benzene rings is 2. The molecule has 0 bridgehead atoms. The Kier molecular flexibility index (Phi) is 5.80. The first kappa shape index (κ1) is 22.4. The Bertz CT molecular complexity index is 1070.